The van der Waals surface area contributed by atoms with Crippen molar-refractivity contribution in [3.63, 3.8) is 0 Å². The largest absolute Gasteiger partial charge is 0.489 e. The van der Waals surface area contributed by atoms with Gasteiger partial charge >= 0.3 is 0 Å². The van der Waals surface area contributed by atoms with Crippen molar-refractivity contribution in [3.8, 4) is 5.75 Å². The summed E-state index contributed by atoms with van der Waals surface area (Å²) >= 11 is 0. The number of rotatable bonds is 6. The Hall–Kier alpha value is -1.80. The van der Waals surface area contributed by atoms with Crippen LogP contribution in [0.5, 0.6) is 5.75 Å². The third kappa shape index (κ3) is 4.42. The molecule has 0 heterocycles. The SMILES string of the molecule is Cc1ccc(COc2ccc(CCCO)cc2)cc1. The van der Waals surface area contributed by atoms with Crippen molar-refractivity contribution in [3.05, 3.63) is 65.2 Å². The minimum Gasteiger partial charge on any atom is -0.489 e. The van der Waals surface area contributed by atoms with Gasteiger partial charge in [0.2, 0.25) is 0 Å². The van der Waals surface area contributed by atoms with Crippen molar-refractivity contribution in [2.24, 2.45) is 0 Å². The van der Waals surface area contributed by atoms with Gasteiger partial charge in [0.1, 0.15) is 12.4 Å². The molecule has 2 aromatic rings. The Labute approximate surface area is 114 Å². The first kappa shape index (κ1) is 13.6. The molecule has 0 amide bonds. The molecule has 0 spiro atoms. The third-order valence-electron chi connectivity index (χ3n) is 3.07. The van der Waals surface area contributed by atoms with Gasteiger partial charge in [0.25, 0.3) is 0 Å². The molecule has 0 unspecified atom stereocenters. The lowest BCUT2D eigenvalue weighted by Gasteiger charge is -2.07. The van der Waals surface area contributed by atoms with E-state index < -0.39 is 0 Å². The maximum Gasteiger partial charge on any atom is 0.119 e. The van der Waals surface area contributed by atoms with E-state index in [2.05, 4.69) is 43.3 Å². The predicted octanol–water partition coefficient (Wildman–Crippen LogP) is 3.50. The molecule has 0 radical (unpaired) electrons. The molecule has 100 valence electrons. The second kappa shape index (κ2) is 6.95. The highest BCUT2D eigenvalue weighted by Gasteiger charge is 1.97. The molecule has 0 fully saturated rings. The summed E-state index contributed by atoms with van der Waals surface area (Å²) in [5.41, 5.74) is 3.67. The van der Waals surface area contributed by atoms with E-state index in [0.717, 1.165) is 18.6 Å². The van der Waals surface area contributed by atoms with E-state index >= 15 is 0 Å². The lowest BCUT2D eigenvalue weighted by atomic mass is 10.1. The molecule has 0 aromatic heterocycles. The summed E-state index contributed by atoms with van der Waals surface area (Å²) in [6, 6.07) is 16.4. The van der Waals surface area contributed by atoms with Crippen LogP contribution in [-0.2, 0) is 13.0 Å². The Morgan fingerprint density at radius 2 is 1.53 bits per heavy atom. The summed E-state index contributed by atoms with van der Waals surface area (Å²) in [4.78, 5) is 0. The molecular weight excluding hydrogens is 236 g/mol. The number of aliphatic hydroxyl groups is 1. The predicted molar refractivity (Wildman–Crippen MR) is 77.4 cm³/mol. The first-order chi connectivity index (χ1) is 9.28. The quantitative estimate of drug-likeness (QED) is 0.857. The molecule has 0 saturated carbocycles. The number of hydrogen-bond acceptors (Lipinski definition) is 2. The van der Waals surface area contributed by atoms with Crippen molar-refractivity contribution in [1.82, 2.24) is 0 Å². The normalized spacial score (nSPS) is 10.4. The van der Waals surface area contributed by atoms with Gasteiger partial charge in [-0.05, 0) is 43.0 Å². The van der Waals surface area contributed by atoms with Crippen LogP contribution >= 0.6 is 0 Å². The average molecular weight is 256 g/mol. The van der Waals surface area contributed by atoms with E-state index in [0.29, 0.717) is 6.61 Å². The number of aryl methyl sites for hydroxylation is 2. The van der Waals surface area contributed by atoms with Crippen LogP contribution in [-0.4, -0.2) is 11.7 Å². The minimum atomic E-state index is 0.242. The highest BCUT2D eigenvalue weighted by atomic mass is 16.5. The second-order valence-corrected chi connectivity index (χ2v) is 4.75. The van der Waals surface area contributed by atoms with Gasteiger partial charge in [-0.15, -0.1) is 0 Å². The maximum absolute atomic E-state index is 8.79. The fourth-order valence-electron chi connectivity index (χ4n) is 1.89. The number of ether oxygens (including phenoxy) is 1. The molecule has 0 atom stereocenters. The fourth-order valence-corrected chi connectivity index (χ4v) is 1.89. The van der Waals surface area contributed by atoms with Crippen molar-refractivity contribution < 1.29 is 9.84 Å². The smallest absolute Gasteiger partial charge is 0.119 e. The van der Waals surface area contributed by atoms with Crippen LogP contribution in [0.4, 0.5) is 0 Å². The zero-order chi connectivity index (χ0) is 13.5. The molecule has 0 aliphatic carbocycles. The van der Waals surface area contributed by atoms with E-state index in [1.807, 2.05) is 12.1 Å². The highest BCUT2D eigenvalue weighted by molar-refractivity contribution is 5.28. The number of benzene rings is 2. The van der Waals surface area contributed by atoms with E-state index in [9.17, 15) is 0 Å². The molecule has 2 heteroatoms. The van der Waals surface area contributed by atoms with Crippen LogP contribution < -0.4 is 4.74 Å². The Bertz CT molecular complexity index is 486. The van der Waals surface area contributed by atoms with Crippen molar-refractivity contribution in [1.29, 1.82) is 0 Å². The van der Waals surface area contributed by atoms with Gasteiger partial charge in [0.05, 0.1) is 0 Å². The third-order valence-corrected chi connectivity index (χ3v) is 3.07. The van der Waals surface area contributed by atoms with Crippen LogP contribution in [0.15, 0.2) is 48.5 Å². The first-order valence-electron chi connectivity index (χ1n) is 6.66. The molecule has 0 saturated heterocycles. The monoisotopic (exact) mass is 256 g/mol. The molecule has 0 aliphatic heterocycles. The highest BCUT2D eigenvalue weighted by Crippen LogP contribution is 2.15. The second-order valence-electron chi connectivity index (χ2n) is 4.75. The molecule has 19 heavy (non-hydrogen) atoms. The van der Waals surface area contributed by atoms with Gasteiger partial charge < -0.3 is 9.84 Å². The molecule has 2 rings (SSSR count). The number of aliphatic hydroxyl groups excluding tert-OH is 1. The molecule has 0 aliphatic rings. The minimum absolute atomic E-state index is 0.242. The van der Waals surface area contributed by atoms with Crippen molar-refractivity contribution >= 4 is 0 Å². The Kier molecular flexibility index (Phi) is 4.99. The molecule has 2 aromatic carbocycles. The maximum atomic E-state index is 8.79. The van der Waals surface area contributed by atoms with E-state index in [4.69, 9.17) is 9.84 Å². The average Bonchev–Trinajstić information content (AvgIpc) is 2.46. The van der Waals surface area contributed by atoms with Gasteiger partial charge in [0.15, 0.2) is 0 Å². The van der Waals surface area contributed by atoms with E-state index in [1.165, 1.54) is 16.7 Å². The van der Waals surface area contributed by atoms with Gasteiger partial charge in [-0.25, -0.2) is 0 Å². The Balaban J connectivity index is 1.87. The van der Waals surface area contributed by atoms with Gasteiger partial charge in [-0.3, -0.25) is 0 Å². The lowest BCUT2D eigenvalue weighted by Crippen LogP contribution is -1.96. The molecular formula is C17H20O2. The standard InChI is InChI=1S/C17H20O2/c1-14-4-6-16(7-5-14)13-19-17-10-8-15(9-11-17)3-2-12-18/h4-11,18H,2-3,12-13H2,1H3. The molecule has 2 nitrogen and oxygen atoms in total. The molecule has 0 bridgehead atoms. The Morgan fingerprint density at radius 3 is 2.16 bits per heavy atom. The summed E-state index contributed by atoms with van der Waals surface area (Å²) in [5.74, 6) is 0.883. The summed E-state index contributed by atoms with van der Waals surface area (Å²) in [5, 5.41) is 8.79. The zero-order valence-corrected chi connectivity index (χ0v) is 11.3. The number of hydrogen-bond donors (Lipinski definition) is 1. The van der Waals surface area contributed by atoms with Crippen LogP contribution in [0.2, 0.25) is 0 Å². The summed E-state index contributed by atoms with van der Waals surface area (Å²) in [6.07, 6.45) is 1.72. The van der Waals surface area contributed by atoms with Crippen LogP contribution in [0.1, 0.15) is 23.1 Å². The molecule has 1 N–H and O–H groups in total. The Morgan fingerprint density at radius 1 is 0.895 bits per heavy atom. The van der Waals surface area contributed by atoms with Crippen LogP contribution in [0.25, 0.3) is 0 Å². The van der Waals surface area contributed by atoms with Gasteiger partial charge in [-0.2, -0.15) is 0 Å². The van der Waals surface area contributed by atoms with Crippen LogP contribution in [0, 0.1) is 6.92 Å². The van der Waals surface area contributed by atoms with Gasteiger partial charge in [0, 0.05) is 6.61 Å². The fraction of sp³-hybridized carbons (Fsp3) is 0.294. The summed E-state index contributed by atoms with van der Waals surface area (Å²) in [7, 11) is 0. The van der Waals surface area contributed by atoms with E-state index in [-0.39, 0.29) is 6.61 Å². The first-order valence-corrected chi connectivity index (χ1v) is 6.66. The van der Waals surface area contributed by atoms with Crippen molar-refractivity contribution in [2.75, 3.05) is 6.61 Å². The van der Waals surface area contributed by atoms with Crippen LogP contribution in [0.3, 0.4) is 0 Å². The lowest BCUT2D eigenvalue weighted by molar-refractivity contribution is 0.288. The zero-order valence-electron chi connectivity index (χ0n) is 11.3. The topological polar surface area (TPSA) is 29.5 Å². The van der Waals surface area contributed by atoms with Gasteiger partial charge in [-0.1, -0.05) is 42.0 Å². The summed E-state index contributed by atoms with van der Waals surface area (Å²) in [6.45, 7) is 2.91. The van der Waals surface area contributed by atoms with E-state index in [1.54, 1.807) is 0 Å². The summed E-state index contributed by atoms with van der Waals surface area (Å²) < 4.78 is 5.74. The van der Waals surface area contributed by atoms with Crippen molar-refractivity contribution in [2.45, 2.75) is 26.4 Å².